The van der Waals surface area contributed by atoms with E-state index in [1.54, 1.807) is 21.3 Å². The number of benzene rings is 1. The molecule has 1 aromatic carbocycles. The van der Waals surface area contributed by atoms with Crippen LogP contribution in [0.3, 0.4) is 0 Å². The smallest absolute Gasteiger partial charge is 0.203 e. The maximum absolute atomic E-state index is 5.42. The fourth-order valence-corrected chi connectivity index (χ4v) is 2.51. The van der Waals surface area contributed by atoms with Gasteiger partial charge in [-0.25, -0.2) is 0 Å². The van der Waals surface area contributed by atoms with Crippen LogP contribution in [0.2, 0.25) is 0 Å². The zero-order valence-electron chi connectivity index (χ0n) is 14.2. The number of nitrogens with one attached hydrogen (secondary N) is 1. The third-order valence-corrected chi connectivity index (χ3v) is 3.71. The molecule has 0 bridgehead atoms. The number of methoxy groups -OCH3 is 3. The Balaban J connectivity index is 2.98. The first-order valence-corrected chi connectivity index (χ1v) is 7.54. The number of hydrogen-bond acceptors (Lipinski definition) is 4. The van der Waals surface area contributed by atoms with Crippen molar-refractivity contribution >= 4 is 0 Å². The van der Waals surface area contributed by atoms with Crippen molar-refractivity contribution in [2.45, 2.75) is 39.2 Å². The van der Waals surface area contributed by atoms with Gasteiger partial charge in [-0.05, 0) is 37.1 Å². The van der Waals surface area contributed by atoms with E-state index in [9.17, 15) is 0 Å². The fourth-order valence-electron chi connectivity index (χ4n) is 2.51. The molecular weight excluding hydrogens is 266 g/mol. The van der Waals surface area contributed by atoms with Crippen molar-refractivity contribution in [1.29, 1.82) is 0 Å². The van der Waals surface area contributed by atoms with Crippen LogP contribution in [0.1, 0.15) is 44.7 Å². The Labute approximate surface area is 128 Å². The van der Waals surface area contributed by atoms with Gasteiger partial charge in [0.25, 0.3) is 0 Å². The van der Waals surface area contributed by atoms with E-state index < -0.39 is 0 Å². The average Bonchev–Trinajstić information content (AvgIpc) is 2.49. The van der Waals surface area contributed by atoms with Gasteiger partial charge in [0.15, 0.2) is 11.5 Å². The third kappa shape index (κ3) is 4.81. The predicted molar refractivity (Wildman–Crippen MR) is 86.6 cm³/mol. The Bertz CT molecular complexity index is 407. The monoisotopic (exact) mass is 295 g/mol. The lowest BCUT2D eigenvalue weighted by atomic mass is 9.97. The van der Waals surface area contributed by atoms with Gasteiger partial charge < -0.3 is 19.5 Å². The summed E-state index contributed by atoms with van der Waals surface area (Å²) in [5.41, 5.74) is 1.16. The quantitative estimate of drug-likeness (QED) is 0.752. The van der Waals surface area contributed by atoms with E-state index >= 15 is 0 Å². The van der Waals surface area contributed by atoms with Gasteiger partial charge in [0.1, 0.15) is 0 Å². The maximum atomic E-state index is 5.42. The summed E-state index contributed by atoms with van der Waals surface area (Å²) in [6.07, 6.45) is 3.52. The second-order valence-electron chi connectivity index (χ2n) is 5.62. The first kappa shape index (κ1) is 17.6. The van der Waals surface area contributed by atoms with Crippen molar-refractivity contribution in [3.05, 3.63) is 17.7 Å². The molecule has 1 N–H and O–H groups in total. The Morgan fingerprint density at radius 2 is 1.52 bits per heavy atom. The predicted octanol–water partition coefficient (Wildman–Crippen LogP) is 3.80. The van der Waals surface area contributed by atoms with Crippen LogP contribution in [0.4, 0.5) is 0 Å². The van der Waals surface area contributed by atoms with Crippen LogP contribution in [-0.4, -0.2) is 28.4 Å². The van der Waals surface area contributed by atoms with Crippen LogP contribution >= 0.6 is 0 Å². The van der Waals surface area contributed by atoms with Crippen molar-refractivity contribution in [2.24, 2.45) is 5.92 Å². The Hall–Kier alpha value is -1.42. The Morgan fingerprint density at radius 1 is 0.952 bits per heavy atom. The van der Waals surface area contributed by atoms with Gasteiger partial charge in [0, 0.05) is 6.04 Å². The highest BCUT2D eigenvalue weighted by molar-refractivity contribution is 5.54. The van der Waals surface area contributed by atoms with Crippen LogP contribution in [0.5, 0.6) is 17.2 Å². The van der Waals surface area contributed by atoms with Crippen LogP contribution in [0.15, 0.2) is 12.1 Å². The molecule has 120 valence electrons. The molecule has 0 saturated heterocycles. The van der Waals surface area contributed by atoms with E-state index in [2.05, 4.69) is 19.2 Å². The first-order chi connectivity index (χ1) is 10.1. The highest BCUT2D eigenvalue weighted by atomic mass is 16.5. The summed E-state index contributed by atoms with van der Waals surface area (Å²) in [5.74, 6) is 2.79. The second kappa shape index (κ2) is 8.78. The Morgan fingerprint density at radius 3 is 1.90 bits per heavy atom. The van der Waals surface area contributed by atoms with E-state index in [-0.39, 0.29) is 6.04 Å². The highest BCUT2D eigenvalue weighted by Gasteiger charge is 2.17. The van der Waals surface area contributed by atoms with Gasteiger partial charge in [-0.2, -0.15) is 0 Å². The van der Waals surface area contributed by atoms with E-state index in [0.717, 1.165) is 17.9 Å². The molecule has 4 nitrogen and oxygen atoms in total. The number of ether oxygens (including phenoxy) is 3. The minimum Gasteiger partial charge on any atom is -0.493 e. The molecule has 1 atom stereocenters. The summed E-state index contributed by atoms with van der Waals surface area (Å²) >= 11 is 0. The minimum atomic E-state index is 0.289. The molecule has 0 radical (unpaired) electrons. The molecule has 0 aliphatic heterocycles. The summed E-state index contributed by atoms with van der Waals surface area (Å²) < 4.78 is 16.2. The van der Waals surface area contributed by atoms with Gasteiger partial charge >= 0.3 is 0 Å². The lowest BCUT2D eigenvalue weighted by Crippen LogP contribution is -2.17. The molecule has 21 heavy (non-hydrogen) atoms. The standard InChI is InChI=1S/C17H29NO3/c1-12(2)8-7-9-14(18-3)13-10-15(19-4)17(21-6)16(11-13)20-5/h10-12,14,18H,7-9H2,1-6H3. The molecule has 1 rings (SSSR count). The zero-order chi connectivity index (χ0) is 15.8. The summed E-state index contributed by atoms with van der Waals surface area (Å²) in [5, 5.41) is 3.38. The van der Waals surface area contributed by atoms with Gasteiger partial charge in [-0.3, -0.25) is 0 Å². The van der Waals surface area contributed by atoms with E-state index in [4.69, 9.17) is 14.2 Å². The van der Waals surface area contributed by atoms with Crippen molar-refractivity contribution in [2.75, 3.05) is 28.4 Å². The largest absolute Gasteiger partial charge is 0.493 e. The molecule has 1 aromatic rings. The van der Waals surface area contributed by atoms with Gasteiger partial charge in [-0.15, -0.1) is 0 Å². The summed E-state index contributed by atoms with van der Waals surface area (Å²) in [7, 11) is 6.91. The summed E-state index contributed by atoms with van der Waals surface area (Å²) in [6.45, 7) is 4.52. The van der Waals surface area contributed by atoms with Crippen molar-refractivity contribution in [1.82, 2.24) is 5.32 Å². The Kier molecular flexibility index (Phi) is 7.37. The van der Waals surface area contributed by atoms with Crippen LogP contribution in [-0.2, 0) is 0 Å². The highest BCUT2D eigenvalue weighted by Crippen LogP contribution is 2.40. The molecule has 0 heterocycles. The van der Waals surface area contributed by atoms with E-state index in [1.165, 1.54) is 12.8 Å². The third-order valence-electron chi connectivity index (χ3n) is 3.71. The molecule has 1 unspecified atom stereocenters. The van der Waals surface area contributed by atoms with Crippen LogP contribution in [0, 0.1) is 5.92 Å². The molecule has 0 aromatic heterocycles. The summed E-state index contributed by atoms with van der Waals surface area (Å²) in [6, 6.07) is 4.34. The number of rotatable bonds is 9. The molecule has 0 aliphatic carbocycles. The van der Waals surface area contributed by atoms with Crippen molar-refractivity contribution in [3.63, 3.8) is 0 Å². The van der Waals surface area contributed by atoms with Gasteiger partial charge in [0.05, 0.1) is 21.3 Å². The van der Waals surface area contributed by atoms with E-state index in [1.807, 2.05) is 19.2 Å². The topological polar surface area (TPSA) is 39.7 Å². The SMILES string of the molecule is CNC(CCCC(C)C)c1cc(OC)c(OC)c(OC)c1. The first-order valence-electron chi connectivity index (χ1n) is 7.54. The molecule has 0 saturated carbocycles. The maximum Gasteiger partial charge on any atom is 0.203 e. The van der Waals surface area contributed by atoms with E-state index in [0.29, 0.717) is 17.2 Å². The minimum absolute atomic E-state index is 0.289. The second-order valence-corrected chi connectivity index (χ2v) is 5.62. The molecule has 0 aliphatic rings. The van der Waals surface area contributed by atoms with Gasteiger partial charge in [-0.1, -0.05) is 26.7 Å². The lowest BCUT2D eigenvalue weighted by molar-refractivity contribution is 0.322. The van der Waals surface area contributed by atoms with Gasteiger partial charge in [0.2, 0.25) is 5.75 Å². The molecule has 0 amide bonds. The molecule has 0 fully saturated rings. The average molecular weight is 295 g/mol. The van der Waals surface area contributed by atoms with Crippen LogP contribution in [0.25, 0.3) is 0 Å². The summed E-state index contributed by atoms with van der Waals surface area (Å²) in [4.78, 5) is 0. The molecule has 4 heteroatoms. The molecular formula is C17H29NO3. The zero-order valence-corrected chi connectivity index (χ0v) is 14.2. The molecule has 0 spiro atoms. The van der Waals surface area contributed by atoms with Crippen molar-refractivity contribution in [3.8, 4) is 17.2 Å². The van der Waals surface area contributed by atoms with Crippen LogP contribution < -0.4 is 19.5 Å². The fraction of sp³-hybridized carbons (Fsp3) is 0.647. The normalized spacial score (nSPS) is 12.3. The van der Waals surface area contributed by atoms with Crippen molar-refractivity contribution < 1.29 is 14.2 Å². The number of hydrogen-bond donors (Lipinski definition) is 1. The lowest BCUT2D eigenvalue weighted by Gasteiger charge is -2.20.